The lowest BCUT2D eigenvalue weighted by Gasteiger charge is -2.33. The van der Waals surface area contributed by atoms with Crippen molar-refractivity contribution in [2.75, 3.05) is 10.8 Å². The van der Waals surface area contributed by atoms with Crippen molar-refractivity contribution in [3.63, 3.8) is 0 Å². The van der Waals surface area contributed by atoms with Gasteiger partial charge in [-0.2, -0.15) is 0 Å². The molecular weight excluding hydrogens is 498 g/mol. The van der Waals surface area contributed by atoms with Gasteiger partial charge < -0.3 is 10.2 Å². The van der Waals surface area contributed by atoms with Crippen molar-refractivity contribution in [2.45, 2.75) is 64.1 Å². The van der Waals surface area contributed by atoms with Crippen LogP contribution in [0.3, 0.4) is 0 Å². The van der Waals surface area contributed by atoms with Crippen molar-refractivity contribution < 1.29 is 18.0 Å². The van der Waals surface area contributed by atoms with Crippen LogP contribution in [0, 0.1) is 6.92 Å². The Balaban J connectivity index is 2.01. The number of amides is 2. The molecule has 3 rings (SSSR count). The minimum atomic E-state index is -4.05. The van der Waals surface area contributed by atoms with Gasteiger partial charge in [-0.15, -0.1) is 0 Å². The number of rotatable bonds is 12. The van der Waals surface area contributed by atoms with E-state index in [1.165, 1.54) is 17.0 Å². The molecule has 3 aromatic carbocycles. The third-order valence-electron chi connectivity index (χ3n) is 6.51. The van der Waals surface area contributed by atoms with E-state index in [0.29, 0.717) is 12.1 Å². The van der Waals surface area contributed by atoms with Crippen molar-refractivity contribution in [3.8, 4) is 0 Å². The second-order valence-corrected chi connectivity index (χ2v) is 11.3. The number of hydrogen-bond donors (Lipinski definition) is 1. The highest BCUT2D eigenvalue weighted by Gasteiger charge is 2.33. The lowest BCUT2D eigenvalue weighted by molar-refractivity contribution is -0.140. The predicted molar refractivity (Wildman–Crippen MR) is 151 cm³/mol. The zero-order chi connectivity index (χ0) is 27.7. The van der Waals surface area contributed by atoms with Crippen molar-refractivity contribution in [1.29, 1.82) is 0 Å². The number of hydrogen-bond acceptors (Lipinski definition) is 4. The first kappa shape index (κ1) is 28.9. The zero-order valence-corrected chi connectivity index (χ0v) is 23.3. The second-order valence-electron chi connectivity index (χ2n) is 9.41. The molecular formula is C30H37N3O4S. The van der Waals surface area contributed by atoms with Gasteiger partial charge in [0.1, 0.15) is 12.6 Å². The number of nitrogens with one attached hydrogen (secondary N) is 1. The molecule has 2 unspecified atom stereocenters. The summed E-state index contributed by atoms with van der Waals surface area (Å²) in [5, 5.41) is 2.99. The molecule has 7 nitrogen and oxygen atoms in total. The average Bonchev–Trinajstić information content (AvgIpc) is 2.93. The van der Waals surface area contributed by atoms with E-state index in [0.717, 1.165) is 21.9 Å². The van der Waals surface area contributed by atoms with Gasteiger partial charge in [0.2, 0.25) is 11.8 Å². The van der Waals surface area contributed by atoms with Gasteiger partial charge in [-0.05, 0) is 56.5 Å². The molecule has 0 aliphatic carbocycles. The van der Waals surface area contributed by atoms with E-state index in [9.17, 15) is 18.0 Å². The third-order valence-corrected chi connectivity index (χ3v) is 8.30. The molecule has 2 amide bonds. The summed E-state index contributed by atoms with van der Waals surface area (Å²) < 4.78 is 28.6. The normalized spacial score (nSPS) is 12.8. The van der Waals surface area contributed by atoms with Gasteiger partial charge in [0.25, 0.3) is 10.0 Å². The maximum atomic E-state index is 14.0. The van der Waals surface area contributed by atoms with E-state index in [1.54, 1.807) is 48.5 Å². The van der Waals surface area contributed by atoms with Gasteiger partial charge >= 0.3 is 0 Å². The Kier molecular flexibility index (Phi) is 10.1. The Morgan fingerprint density at radius 1 is 0.842 bits per heavy atom. The third kappa shape index (κ3) is 7.22. The Bertz CT molecular complexity index is 1300. The number of para-hydroxylation sites is 1. The van der Waals surface area contributed by atoms with Gasteiger partial charge in [0.05, 0.1) is 10.6 Å². The molecule has 1 N–H and O–H groups in total. The van der Waals surface area contributed by atoms with Crippen LogP contribution in [0.25, 0.3) is 0 Å². The summed E-state index contributed by atoms with van der Waals surface area (Å²) in [5.41, 5.74) is 2.31. The molecule has 0 fully saturated rings. The van der Waals surface area contributed by atoms with Crippen LogP contribution < -0.4 is 9.62 Å². The van der Waals surface area contributed by atoms with Crippen LogP contribution in [-0.4, -0.2) is 43.8 Å². The van der Waals surface area contributed by atoms with Crippen LogP contribution >= 0.6 is 0 Å². The van der Waals surface area contributed by atoms with Crippen LogP contribution in [0.2, 0.25) is 0 Å². The molecule has 0 bridgehead atoms. The summed E-state index contributed by atoms with van der Waals surface area (Å²) >= 11 is 0. The average molecular weight is 536 g/mol. The summed E-state index contributed by atoms with van der Waals surface area (Å²) in [7, 11) is -4.05. The number of benzene rings is 3. The molecule has 0 radical (unpaired) electrons. The molecule has 0 aromatic heterocycles. The summed E-state index contributed by atoms with van der Waals surface area (Å²) in [6.45, 7) is 7.46. The number of nitrogens with zero attached hydrogens (tertiary/aromatic N) is 2. The summed E-state index contributed by atoms with van der Waals surface area (Å²) in [5.74, 6) is -0.709. The largest absolute Gasteiger partial charge is 0.352 e. The molecule has 2 atom stereocenters. The van der Waals surface area contributed by atoms with Crippen molar-refractivity contribution in [2.24, 2.45) is 0 Å². The van der Waals surface area contributed by atoms with Crippen LogP contribution in [0.1, 0.15) is 44.7 Å². The van der Waals surface area contributed by atoms with Gasteiger partial charge in [0.15, 0.2) is 0 Å². The molecule has 3 aromatic rings. The molecule has 0 saturated heterocycles. The Labute approximate surface area is 226 Å². The first-order valence-electron chi connectivity index (χ1n) is 13.0. The lowest BCUT2D eigenvalue weighted by atomic mass is 10.1. The molecule has 0 spiro atoms. The number of anilines is 1. The van der Waals surface area contributed by atoms with Gasteiger partial charge in [0, 0.05) is 12.6 Å². The standard InChI is InChI=1S/C30H37N3O4S/c1-5-24(4)31-30(35)28(6-2)32(21-25-19-17-23(3)18-20-25)29(34)22-33(26-13-9-7-10-14-26)38(36,37)27-15-11-8-12-16-27/h7-20,24,28H,5-6,21-22H2,1-4H3,(H,31,35). The van der Waals surface area contributed by atoms with Crippen molar-refractivity contribution in [3.05, 3.63) is 96.1 Å². The Morgan fingerprint density at radius 3 is 1.97 bits per heavy atom. The van der Waals surface area contributed by atoms with E-state index in [-0.39, 0.29) is 23.4 Å². The smallest absolute Gasteiger partial charge is 0.264 e. The molecule has 38 heavy (non-hydrogen) atoms. The van der Waals surface area contributed by atoms with Crippen LogP contribution in [-0.2, 0) is 26.2 Å². The van der Waals surface area contributed by atoms with Gasteiger partial charge in [-0.25, -0.2) is 8.42 Å². The first-order chi connectivity index (χ1) is 18.2. The molecule has 0 aliphatic heterocycles. The Morgan fingerprint density at radius 2 is 1.42 bits per heavy atom. The fourth-order valence-electron chi connectivity index (χ4n) is 4.09. The molecule has 0 heterocycles. The lowest BCUT2D eigenvalue weighted by Crippen LogP contribution is -2.53. The quantitative estimate of drug-likeness (QED) is 0.357. The zero-order valence-electron chi connectivity index (χ0n) is 22.5. The van der Waals surface area contributed by atoms with Crippen LogP contribution in [0.15, 0.2) is 89.8 Å². The number of carbonyl (C=O) groups excluding carboxylic acids is 2. The van der Waals surface area contributed by atoms with Crippen molar-refractivity contribution >= 4 is 27.5 Å². The summed E-state index contributed by atoms with van der Waals surface area (Å²) in [4.78, 5) is 28.8. The minimum absolute atomic E-state index is 0.0489. The van der Waals surface area contributed by atoms with E-state index in [4.69, 9.17) is 0 Å². The molecule has 202 valence electrons. The maximum Gasteiger partial charge on any atom is 0.264 e. The highest BCUT2D eigenvalue weighted by molar-refractivity contribution is 7.92. The SMILES string of the molecule is CCC(C)NC(=O)C(CC)N(Cc1ccc(C)cc1)C(=O)CN(c1ccccc1)S(=O)(=O)c1ccccc1. The second kappa shape index (κ2) is 13.2. The number of sulfonamides is 1. The predicted octanol–water partition coefficient (Wildman–Crippen LogP) is 4.91. The molecule has 0 aliphatic rings. The highest BCUT2D eigenvalue weighted by Crippen LogP contribution is 2.24. The highest BCUT2D eigenvalue weighted by atomic mass is 32.2. The van der Waals surface area contributed by atoms with Crippen molar-refractivity contribution in [1.82, 2.24) is 10.2 Å². The van der Waals surface area contributed by atoms with Crippen LogP contribution in [0.4, 0.5) is 5.69 Å². The van der Waals surface area contributed by atoms with E-state index in [2.05, 4.69) is 5.32 Å². The van der Waals surface area contributed by atoms with Crippen LogP contribution in [0.5, 0.6) is 0 Å². The number of carbonyl (C=O) groups is 2. The van der Waals surface area contributed by atoms with E-state index >= 15 is 0 Å². The summed E-state index contributed by atoms with van der Waals surface area (Å²) in [6.07, 6.45) is 1.14. The fourth-order valence-corrected chi connectivity index (χ4v) is 5.53. The fraction of sp³-hybridized carbons (Fsp3) is 0.333. The Hall–Kier alpha value is -3.65. The van der Waals surface area contributed by atoms with E-state index in [1.807, 2.05) is 52.0 Å². The minimum Gasteiger partial charge on any atom is -0.352 e. The monoisotopic (exact) mass is 535 g/mol. The van der Waals surface area contributed by atoms with E-state index < -0.39 is 28.5 Å². The maximum absolute atomic E-state index is 14.0. The van der Waals surface area contributed by atoms with Gasteiger partial charge in [-0.3, -0.25) is 13.9 Å². The first-order valence-corrected chi connectivity index (χ1v) is 14.4. The number of aryl methyl sites for hydroxylation is 1. The molecule has 0 saturated carbocycles. The topological polar surface area (TPSA) is 86.8 Å². The van der Waals surface area contributed by atoms with Gasteiger partial charge in [-0.1, -0.05) is 80.1 Å². The molecule has 8 heteroatoms. The summed E-state index contributed by atoms with van der Waals surface area (Å²) in [6, 6.07) is 23.6.